The van der Waals surface area contributed by atoms with Crippen LogP contribution in [0.25, 0.3) is 16.5 Å². The highest BCUT2D eigenvalue weighted by Gasteiger charge is 2.19. The lowest BCUT2D eigenvalue weighted by molar-refractivity contribution is 0.0945. The minimum absolute atomic E-state index is 0.0944. The minimum Gasteiger partial charge on any atom is -0.377 e. The first-order valence-corrected chi connectivity index (χ1v) is 11.1. The maximum absolute atomic E-state index is 12.9. The average Bonchev–Trinajstić information content (AvgIpc) is 3.31. The van der Waals surface area contributed by atoms with Gasteiger partial charge in [-0.3, -0.25) is 10.2 Å². The number of carbonyl (C=O) groups is 1. The van der Waals surface area contributed by atoms with Gasteiger partial charge < -0.3 is 9.47 Å². The molecule has 4 aromatic rings. The molecule has 0 saturated carbocycles. The van der Waals surface area contributed by atoms with Gasteiger partial charge in [-0.15, -0.1) is 4.83 Å². The summed E-state index contributed by atoms with van der Waals surface area (Å²) in [4.78, 5) is 16.7. The van der Waals surface area contributed by atoms with E-state index in [4.69, 9.17) is 0 Å². The van der Waals surface area contributed by atoms with Gasteiger partial charge in [0.05, 0.1) is 4.90 Å². The van der Waals surface area contributed by atoms with Gasteiger partial charge in [-0.05, 0) is 48.5 Å². The predicted molar refractivity (Wildman–Crippen MR) is 122 cm³/mol. The Hall–Kier alpha value is -3.62. The van der Waals surface area contributed by atoms with E-state index in [1.54, 1.807) is 36.4 Å². The van der Waals surface area contributed by atoms with Crippen molar-refractivity contribution in [1.82, 2.24) is 14.8 Å². The fourth-order valence-electron chi connectivity index (χ4n) is 3.42. The number of nitrogens with zero attached hydrogens (tertiary/aromatic N) is 2. The summed E-state index contributed by atoms with van der Waals surface area (Å²) in [6.45, 7) is 0. The van der Waals surface area contributed by atoms with Crippen LogP contribution in [-0.4, -0.2) is 33.0 Å². The quantitative estimate of drug-likeness (QED) is 0.456. The van der Waals surface area contributed by atoms with Crippen LogP contribution in [0.2, 0.25) is 0 Å². The number of fused-ring (bicyclic) bond motifs is 1. The Bertz CT molecular complexity index is 1330. The van der Waals surface area contributed by atoms with Crippen LogP contribution in [0.5, 0.6) is 0 Å². The van der Waals surface area contributed by atoms with Crippen LogP contribution in [-0.2, 0) is 10.0 Å². The number of sulfonamides is 1. The number of benzene rings is 3. The molecule has 31 heavy (non-hydrogen) atoms. The van der Waals surface area contributed by atoms with Gasteiger partial charge in [0.2, 0.25) is 0 Å². The first-order valence-electron chi connectivity index (χ1n) is 9.61. The summed E-state index contributed by atoms with van der Waals surface area (Å²) < 4.78 is 27.8. The van der Waals surface area contributed by atoms with E-state index in [1.807, 2.05) is 66.3 Å². The van der Waals surface area contributed by atoms with Gasteiger partial charge in [0, 0.05) is 54.2 Å². The van der Waals surface area contributed by atoms with Gasteiger partial charge in [0.15, 0.2) is 0 Å². The van der Waals surface area contributed by atoms with E-state index in [1.165, 1.54) is 6.07 Å². The van der Waals surface area contributed by atoms with Crippen LogP contribution >= 0.6 is 0 Å². The number of aromatic nitrogens is 1. The van der Waals surface area contributed by atoms with Crippen molar-refractivity contribution >= 4 is 32.4 Å². The maximum atomic E-state index is 12.9. The second-order valence-electron chi connectivity index (χ2n) is 7.22. The van der Waals surface area contributed by atoms with Crippen molar-refractivity contribution < 1.29 is 13.2 Å². The number of rotatable bonds is 6. The van der Waals surface area contributed by atoms with Gasteiger partial charge in [0.25, 0.3) is 15.9 Å². The van der Waals surface area contributed by atoms with Crippen molar-refractivity contribution in [3.05, 3.63) is 90.8 Å². The Morgan fingerprint density at radius 1 is 0.839 bits per heavy atom. The summed E-state index contributed by atoms with van der Waals surface area (Å²) >= 11 is 0. The fourth-order valence-corrected chi connectivity index (χ4v) is 4.48. The third-order valence-electron chi connectivity index (χ3n) is 4.96. The minimum atomic E-state index is -3.98. The zero-order valence-electron chi connectivity index (χ0n) is 17.1. The fraction of sp³-hybridized carbons (Fsp3) is 0.0870. The summed E-state index contributed by atoms with van der Waals surface area (Å²) in [6, 6.07) is 21.2. The highest BCUT2D eigenvalue weighted by atomic mass is 32.2. The third kappa shape index (κ3) is 4.16. The molecule has 7 nitrogen and oxygen atoms in total. The van der Waals surface area contributed by atoms with Crippen LogP contribution in [0.15, 0.2) is 90.1 Å². The lowest BCUT2D eigenvalue weighted by atomic mass is 10.1. The number of hydrogen-bond donors (Lipinski definition) is 2. The molecule has 1 aromatic heterocycles. The van der Waals surface area contributed by atoms with Crippen LogP contribution in [0.1, 0.15) is 10.4 Å². The number of amides is 1. The smallest absolute Gasteiger partial charge is 0.266 e. The lowest BCUT2D eigenvalue weighted by Crippen LogP contribution is -2.41. The molecule has 0 radical (unpaired) electrons. The average molecular weight is 435 g/mol. The van der Waals surface area contributed by atoms with E-state index < -0.39 is 15.9 Å². The number of nitrogens with one attached hydrogen (secondary N) is 2. The third-order valence-corrected chi connectivity index (χ3v) is 6.27. The number of hydrazine groups is 1. The van der Waals surface area contributed by atoms with Crippen molar-refractivity contribution in [2.45, 2.75) is 4.90 Å². The van der Waals surface area contributed by atoms with Gasteiger partial charge in [0.1, 0.15) is 0 Å². The predicted octanol–water partition coefficient (Wildman–Crippen LogP) is 3.32. The van der Waals surface area contributed by atoms with E-state index in [0.29, 0.717) is 10.9 Å². The van der Waals surface area contributed by atoms with Crippen LogP contribution in [0.3, 0.4) is 0 Å². The number of anilines is 1. The Labute approximate surface area is 180 Å². The highest BCUT2D eigenvalue weighted by molar-refractivity contribution is 7.89. The van der Waals surface area contributed by atoms with Gasteiger partial charge in [-0.2, -0.15) is 0 Å². The molecule has 0 unspecified atom stereocenters. The molecule has 0 aliphatic carbocycles. The van der Waals surface area contributed by atoms with Crippen molar-refractivity contribution in [2.75, 3.05) is 19.0 Å². The monoisotopic (exact) mass is 434 g/mol. The maximum Gasteiger partial charge on any atom is 0.266 e. The van der Waals surface area contributed by atoms with Crippen molar-refractivity contribution in [2.24, 2.45) is 0 Å². The topological polar surface area (TPSA) is 83.4 Å². The van der Waals surface area contributed by atoms with Crippen LogP contribution in [0, 0.1) is 0 Å². The second kappa shape index (κ2) is 8.25. The molecule has 4 rings (SSSR count). The zero-order chi connectivity index (χ0) is 22.0. The molecule has 158 valence electrons. The molecule has 3 aromatic carbocycles. The van der Waals surface area contributed by atoms with E-state index in [0.717, 1.165) is 16.8 Å². The largest absolute Gasteiger partial charge is 0.377 e. The van der Waals surface area contributed by atoms with Crippen LogP contribution < -0.4 is 15.2 Å². The summed E-state index contributed by atoms with van der Waals surface area (Å²) in [5.74, 6) is -0.545. The molecule has 0 bridgehead atoms. The van der Waals surface area contributed by atoms with Crippen LogP contribution in [0.4, 0.5) is 5.69 Å². The van der Waals surface area contributed by atoms with E-state index in [2.05, 4.69) is 10.3 Å². The highest BCUT2D eigenvalue weighted by Crippen LogP contribution is 2.29. The lowest BCUT2D eigenvalue weighted by Gasteiger charge is -2.17. The van der Waals surface area contributed by atoms with Gasteiger partial charge >= 0.3 is 0 Å². The molecular weight excluding hydrogens is 412 g/mol. The molecule has 0 saturated heterocycles. The molecular formula is C23H22N4O3S. The molecule has 1 heterocycles. The number of hydrogen-bond acceptors (Lipinski definition) is 4. The second-order valence-corrected chi connectivity index (χ2v) is 8.87. The van der Waals surface area contributed by atoms with Gasteiger partial charge in [-0.1, -0.05) is 24.3 Å². The summed E-state index contributed by atoms with van der Waals surface area (Å²) in [6.07, 6.45) is 3.80. The van der Waals surface area contributed by atoms with Crippen molar-refractivity contribution in [3.8, 4) is 5.69 Å². The van der Waals surface area contributed by atoms with E-state index >= 15 is 0 Å². The summed E-state index contributed by atoms with van der Waals surface area (Å²) in [5.41, 5.74) is 4.44. The first-order chi connectivity index (χ1) is 14.9. The molecule has 2 N–H and O–H groups in total. The van der Waals surface area contributed by atoms with E-state index in [9.17, 15) is 13.2 Å². The molecule has 0 spiro atoms. The normalized spacial score (nSPS) is 11.4. The summed E-state index contributed by atoms with van der Waals surface area (Å²) in [7, 11) is -0.183. The molecule has 0 fully saturated rings. The molecule has 1 amide bonds. The molecule has 0 atom stereocenters. The Morgan fingerprint density at radius 2 is 1.48 bits per heavy atom. The Balaban J connectivity index is 1.54. The standard InChI is InChI=1S/C23H22N4O3S/c1-26(2)21-9-5-8-20-19(21)7-6-10-22(20)31(29,30)25-24-23(28)17-11-13-18(14-12-17)27-15-3-4-16-27/h3-16,25H,1-2H3,(H,24,28). The SMILES string of the molecule is CN(C)c1cccc2c(S(=O)(=O)NNC(=O)c3ccc(-n4cccc4)cc3)cccc12. The van der Waals surface area contributed by atoms with Crippen molar-refractivity contribution in [3.63, 3.8) is 0 Å². The Kier molecular flexibility index (Phi) is 5.50. The molecule has 0 aliphatic heterocycles. The number of carbonyl (C=O) groups excluding carboxylic acids is 1. The first kappa shape index (κ1) is 20.6. The van der Waals surface area contributed by atoms with E-state index in [-0.39, 0.29) is 4.90 Å². The zero-order valence-corrected chi connectivity index (χ0v) is 17.9. The Morgan fingerprint density at radius 3 is 2.16 bits per heavy atom. The van der Waals surface area contributed by atoms with Crippen molar-refractivity contribution in [1.29, 1.82) is 0 Å². The van der Waals surface area contributed by atoms with Gasteiger partial charge in [-0.25, -0.2) is 8.42 Å². The summed E-state index contributed by atoms with van der Waals surface area (Å²) in [5, 5.41) is 1.38. The molecule has 8 heteroatoms. The molecule has 0 aliphatic rings.